The zero-order chi connectivity index (χ0) is 21.1. The molecule has 1 N–H and O–H groups in total. The topological polar surface area (TPSA) is 67.9 Å². The smallest absolute Gasteiger partial charge is 0.410 e. The lowest BCUT2D eigenvalue weighted by atomic mass is 9.63. The maximum atomic E-state index is 12.4. The third-order valence-electron chi connectivity index (χ3n) is 7.18. The van der Waals surface area contributed by atoms with Gasteiger partial charge in [0, 0.05) is 20.0 Å². The van der Waals surface area contributed by atoms with Gasteiger partial charge in [0.25, 0.3) is 0 Å². The number of esters is 1. The number of hydrogen-bond acceptors (Lipinski definition) is 5. The molecule has 1 atom stereocenters. The average Bonchev–Trinajstić information content (AvgIpc) is 2.67. The third-order valence-corrected chi connectivity index (χ3v) is 7.18. The van der Waals surface area contributed by atoms with Crippen LogP contribution in [0.4, 0.5) is 4.79 Å². The molecule has 1 aliphatic carbocycles. The normalized spacial score (nSPS) is 24.9. The minimum Gasteiger partial charge on any atom is -0.462 e. The number of nitrogens with one attached hydrogen (secondary N) is 1. The number of hydrogen-bond donors (Lipinski definition) is 1. The second-order valence-corrected chi connectivity index (χ2v) is 10.5. The Morgan fingerprint density at radius 3 is 2.03 bits per heavy atom. The molecule has 0 radical (unpaired) electrons. The number of nitrogens with zero attached hydrogens (tertiary/aromatic N) is 1. The van der Waals surface area contributed by atoms with E-state index >= 15 is 0 Å². The molecule has 166 valence electrons. The van der Waals surface area contributed by atoms with E-state index in [0.717, 1.165) is 64.7 Å². The average molecular weight is 409 g/mol. The van der Waals surface area contributed by atoms with Crippen LogP contribution in [0.3, 0.4) is 0 Å². The van der Waals surface area contributed by atoms with E-state index in [4.69, 9.17) is 9.47 Å². The summed E-state index contributed by atoms with van der Waals surface area (Å²) in [5.74, 6) is 0.837. The Labute approximate surface area is 176 Å². The number of ether oxygens (including phenoxy) is 2. The van der Waals surface area contributed by atoms with Crippen molar-refractivity contribution in [1.29, 1.82) is 0 Å². The van der Waals surface area contributed by atoms with Crippen molar-refractivity contribution in [2.45, 2.75) is 90.8 Å². The van der Waals surface area contributed by atoms with Crippen molar-refractivity contribution < 1.29 is 19.1 Å². The van der Waals surface area contributed by atoms with Crippen molar-refractivity contribution >= 4 is 12.1 Å². The van der Waals surface area contributed by atoms with E-state index in [9.17, 15) is 9.59 Å². The van der Waals surface area contributed by atoms with Crippen molar-refractivity contribution in [1.82, 2.24) is 10.2 Å². The van der Waals surface area contributed by atoms with Gasteiger partial charge in [0.1, 0.15) is 11.7 Å². The van der Waals surface area contributed by atoms with E-state index < -0.39 is 5.60 Å². The number of likely N-dealkylation sites (tertiary alicyclic amines) is 1. The fourth-order valence-electron chi connectivity index (χ4n) is 5.51. The van der Waals surface area contributed by atoms with Crippen molar-refractivity contribution in [2.75, 3.05) is 26.2 Å². The van der Waals surface area contributed by atoms with Gasteiger partial charge in [-0.1, -0.05) is 0 Å². The fraction of sp³-hybridized carbons (Fsp3) is 0.913. The molecule has 0 aromatic rings. The molecular weight excluding hydrogens is 368 g/mol. The first kappa shape index (κ1) is 22.4. The van der Waals surface area contributed by atoms with Crippen LogP contribution in [0.2, 0.25) is 0 Å². The standard InChI is InChI=1S/C23H40N2O4/c1-17(26)28-20(19-7-13-24-14-8-19)18-5-9-23(10-6-18)11-15-25(16-12-23)21(27)29-22(2,3)4/h18-20,24H,5-16H2,1-4H3. The van der Waals surface area contributed by atoms with Crippen molar-refractivity contribution in [3.8, 4) is 0 Å². The summed E-state index contributed by atoms with van der Waals surface area (Å²) in [5, 5.41) is 3.42. The largest absolute Gasteiger partial charge is 0.462 e. The van der Waals surface area contributed by atoms with Crippen LogP contribution in [0.1, 0.15) is 79.1 Å². The molecule has 29 heavy (non-hydrogen) atoms. The van der Waals surface area contributed by atoms with Gasteiger partial charge >= 0.3 is 12.1 Å². The van der Waals surface area contributed by atoms with Gasteiger partial charge in [0.2, 0.25) is 0 Å². The SMILES string of the molecule is CC(=O)OC(C1CCNCC1)C1CCC2(CC1)CCN(C(=O)OC(C)(C)C)CC2. The Morgan fingerprint density at radius 2 is 1.52 bits per heavy atom. The highest BCUT2D eigenvalue weighted by atomic mass is 16.6. The maximum absolute atomic E-state index is 12.4. The Morgan fingerprint density at radius 1 is 0.966 bits per heavy atom. The van der Waals surface area contributed by atoms with Crippen molar-refractivity contribution in [2.24, 2.45) is 17.3 Å². The van der Waals surface area contributed by atoms with Gasteiger partial charge in [-0.05, 0) is 102 Å². The fourth-order valence-corrected chi connectivity index (χ4v) is 5.51. The summed E-state index contributed by atoms with van der Waals surface area (Å²) in [6.45, 7) is 10.9. The van der Waals surface area contributed by atoms with E-state index in [-0.39, 0.29) is 18.2 Å². The van der Waals surface area contributed by atoms with Gasteiger partial charge in [-0.25, -0.2) is 4.79 Å². The van der Waals surface area contributed by atoms with Crippen molar-refractivity contribution in [3.05, 3.63) is 0 Å². The molecule has 6 heteroatoms. The highest BCUT2D eigenvalue weighted by Crippen LogP contribution is 2.48. The monoisotopic (exact) mass is 408 g/mol. The predicted octanol–water partition coefficient (Wildman–Crippen LogP) is 4.13. The number of carbonyl (C=O) groups is 2. The van der Waals surface area contributed by atoms with Gasteiger partial charge in [-0.15, -0.1) is 0 Å². The first-order valence-electron chi connectivity index (χ1n) is 11.5. The van der Waals surface area contributed by atoms with Gasteiger partial charge in [0.05, 0.1) is 0 Å². The highest BCUT2D eigenvalue weighted by molar-refractivity contribution is 5.68. The van der Waals surface area contributed by atoms with Gasteiger partial charge < -0.3 is 19.7 Å². The molecule has 1 unspecified atom stereocenters. The van der Waals surface area contributed by atoms with Crippen LogP contribution in [0.25, 0.3) is 0 Å². The van der Waals surface area contributed by atoms with E-state index in [1.165, 1.54) is 12.8 Å². The predicted molar refractivity (Wildman–Crippen MR) is 113 cm³/mol. The Bertz CT molecular complexity index is 562. The molecule has 2 aliphatic heterocycles. The minimum atomic E-state index is -0.440. The van der Waals surface area contributed by atoms with Crippen LogP contribution in [-0.2, 0) is 14.3 Å². The van der Waals surface area contributed by atoms with E-state index in [0.29, 0.717) is 17.3 Å². The molecule has 2 heterocycles. The van der Waals surface area contributed by atoms with Crippen LogP contribution in [-0.4, -0.2) is 54.8 Å². The van der Waals surface area contributed by atoms with E-state index in [1.807, 2.05) is 25.7 Å². The second-order valence-electron chi connectivity index (χ2n) is 10.5. The first-order valence-corrected chi connectivity index (χ1v) is 11.5. The van der Waals surface area contributed by atoms with Crippen LogP contribution < -0.4 is 5.32 Å². The van der Waals surface area contributed by atoms with Gasteiger partial charge in [-0.3, -0.25) is 4.79 Å². The lowest BCUT2D eigenvalue weighted by molar-refractivity contribution is -0.155. The lowest BCUT2D eigenvalue weighted by Gasteiger charge is -2.47. The number of carbonyl (C=O) groups excluding carboxylic acids is 2. The maximum Gasteiger partial charge on any atom is 0.410 e. The van der Waals surface area contributed by atoms with Gasteiger partial charge in [-0.2, -0.15) is 0 Å². The quantitative estimate of drug-likeness (QED) is 0.711. The summed E-state index contributed by atoms with van der Waals surface area (Å²) in [5.41, 5.74) is -0.0887. The molecule has 0 aromatic carbocycles. The Hall–Kier alpha value is -1.30. The molecule has 0 bridgehead atoms. The second kappa shape index (κ2) is 9.23. The summed E-state index contributed by atoms with van der Waals surface area (Å²) in [6.07, 6.45) is 8.85. The van der Waals surface area contributed by atoms with Crippen molar-refractivity contribution in [3.63, 3.8) is 0 Å². The number of amides is 1. The number of piperidine rings is 2. The minimum absolute atomic E-state index is 0.0776. The zero-order valence-electron chi connectivity index (χ0n) is 18.8. The summed E-state index contributed by atoms with van der Waals surface area (Å²) >= 11 is 0. The summed E-state index contributed by atoms with van der Waals surface area (Å²) < 4.78 is 11.4. The molecule has 2 saturated heterocycles. The summed E-state index contributed by atoms with van der Waals surface area (Å²) in [4.78, 5) is 26.0. The number of rotatable bonds is 3. The molecule has 3 fully saturated rings. The van der Waals surface area contributed by atoms with Crippen LogP contribution in [0.5, 0.6) is 0 Å². The zero-order valence-corrected chi connectivity index (χ0v) is 18.8. The summed E-state index contributed by atoms with van der Waals surface area (Å²) in [6, 6.07) is 0. The van der Waals surface area contributed by atoms with Gasteiger partial charge in [0.15, 0.2) is 0 Å². The van der Waals surface area contributed by atoms with Crippen LogP contribution in [0, 0.1) is 17.3 Å². The van der Waals surface area contributed by atoms with Crippen LogP contribution in [0.15, 0.2) is 0 Å². The molecule has 3 rings (SSSR count). The Balaban J connectivity index is 1.52. The summed E-state index contributed by atoms with van der Waals surface area (Å²) in [7, 11) is 0. The molecule has 1 spiro atoms. The molecule has 0 aromatic heterocycles. The highest BCUT2D eigenvalue weighted by Gasteiger charge is 2.43. The molecule has 1 saturated carbocycles. The van der Waals surface area contributed by atoms with E-state index in [1.54, 1.807) is 6.92 Å². The molecule has 3 aliphatic rings. The third kappa shape index (κ3) is 6.09. The Kier molecular flexibility index (Phi) is 7.13. The lowest BCUT2D eigenvalue weighted by Crippen LogP contribution is -2.47. The molecule has 6 nitrogen and oxygen atoms in total. The van der Waals surface area contributed by atoms with E-state index in [2.05, 4.69) is 5.32 Å². The molecule has 1 amide bonds. The van der Waals surface area contributed by atoms with Crippen LogP contribution >= 0.6 is 0 Å². The molecular formula is C23H40N2O4. The first-order chi connectivity index (χ1) is 13.7.